The van der Waals surface area contributed by atoms with Crippen molar-refractivity contribution in [3.63, 3.8) is 0 Å². The van der Waals surface area contributed by atoms with Crippen LogP contribution in [0.3, 0.4) is 0 Å². The lowest BCUT2D eigenvalue weighted by molar-refractivity contribution is -0.116. The zero-order chi connectivity index (χ0) is 17.1. The molecule has 1 heterocycles. The van der Waals surface area contributed by atoms with E-state index < -0.39 is 0 Å². The van der Waals surface area contributed by atoms with Gasteiger partial charge in [-0.15, -0.1) is 0 Å². The third-order valence-corrected chi connectivity index (χ3v) is 3.92. The Bertz CT molecular complexity index is 839. The van der Waals surface area contributed by atoms with Gasteiger partial charge in [-0.05, 0) is 44.4 Å². The van der Waals surface area contributed by atoms with Crippen molar-refractivity contribution in [1.29, 1.82) is 0 Å². The molecule has 2 N–H and O–H groups in total. The number of hydrogen-bond donors (Lipinski definition) is 2. The number of imidazole rings is 1. The van der Waals surface area contributed by atoms with Crippen LogP contribution in [0.25, 0.3) is 22.4 Å². The molecule has 0 radical (unpaired) electrons. The number of nitrogens with zero attached hydrogens (tertiary/aromatic N) is 2. The van der Waals surface area contributed by atoms with E-state index >= 15 is 0 Å². The molecule has 0 fully saturated rings. The van der Waals surface area contributed by atoms with Crippen molar-refractivity contribution in [3.05, 3.63) is 47.5 Å². The molecule has 1 amide bonds. The second-order valence-electron chi connectivity index (χ2n) is 5.89. The number of para-hydroxylation sites is 2. The SMILES string of the molecule is CN(C)CCC(=O)Nc1cc(Cl)ccc1-c1nc2ccccc2[nH]1. The van der Waals surface area contributed by atoms with Crippen LogP contribution in [-0.2, 0) is 4.79 Å². The van der Waals surface area contributed by atoms with Gasteiger partial charge in [0.1, 0.15) is 5.82 Å². The Morgan fingerprint density at radius 2 is 2.04 bits per heavy atom. The zero-order valence-electron chi connectivity index (χ0n) is 13.6. The maximum absolute atomic E-state index is 12.2. The minimum atomic E-state index is -0.0525. The van der Waals surface area contributed by atoms with Gasteiger partial charge in [0.2, 0.25) is 5.91 Å². The lowest BCUT2D eigenvalue weighted by Gasteiger charge is -2.12. The standard InChI is InChI=1S/C18H19ClN4O/c1-23(2)10-9-17(24)20-16-11-12(19)7-8-13(16)18-21-14-5-3-4-6-15(14)22-18/h3-8,11H,9-10H2,1-2H3,(H,20,24)(H,21,22). The third kappa shape index (κ3) is 3.75. The number of hydrogen-bond acceptors (Lipinski definition) is 3. The Morgan fingerprint density at radius 3 is 2.79 bits per heavy atom. The molecule has 0 saturated heterocycles. The quantitative estimate of drug-likeness (QED) is 0.742. The molecular formula is C18H19ClN4O. The fourth-order valence-corrected chi connectivity index (χ4v) is 2.62. The summed E-state index contributed by atoms with van der Waals surface area (Å²) < 4.78 is 0. The second kappa shape index (κ2) is 7.03. The van der Waals surface area contributed by atoms with E-state index in [2.05, 4.69) is 15.3 Å². The number of rotatable bonds is 5. The van der Waals surface area contributed by atoms with E-state index in [4.69, 9.17) is 11.6 Å². The molecule has 0 aliphatic heterocycles. The summed E-state index contributed by atoms with van der Waals surface area (Å²) in [4.78, 5) is 22.0. The molecule has 0 aliphatic carbocycles. The number of fused-ring (bicyclic) bond motifs is 1. The highest BCUT2D eigenvalue weighted by atomic mass is 35.5. The van der Waals surface area contributed by atoms with E-state index in [9.17, 15) is 4.79 Å². The summed E-state index contributed by atoms with van der Waals surface area (Å²) in [5, 5.41) is 3.51. The summed E-state index contributed by atoms with van der Waals surface area (Å²) >= 11 is 6.10. The minimum absolute atomic E-state index is 0.0525. The maximum atomic E-state index is 12.2. The molecule has 6 heteroatoms. The summed E-state index contributed by atoms with van der Waals surface area (Å²) in [7, 11) is 3.87. The van der Waals surface area contributed by atoms with Gasteiger partial charge in [-0.25, -0.2) is 4.98 Å². The van der Waals surface area contributed by atoms with Gasteiger partial charge in [-0.1, -0.05) is 23.7 Å². The average molecular weight is 343 g/mol. The lowest BCUT2D eigenvalue weighted by atomic mass is 10.1. The lowest BCUT2D eigenvalue weighted by Crippen LogP contribution is -2.21. The van der Waals surface area contributed by atoms with E-state index in [1.54, 1.807) is 12.1 Å². The number of carbonyl (C=O) groups excluding carboxylic acids is 1. The Morgan fingerprint density at radius 1 is 1.25 bits per heavy atom. The van der Waals surface area contributed by atoms with Crippen LogP contribution in [0.2, 0.25) is 5.02 Å². The first kappa shape index (κ1) is 16.5. The molecule has 0 aliphatic rings. The molecule has 1 aromatic heterocycles. The molecule has 3 rings (SSSR count). The van der Waals surface area contributed by atoms with Crippen molar-refractivity contribution in [2.24, 2.45) is 0 Å². The molecule has 0 atom stereocenters. The van der Waals surface area contributed by atoms with Gasteiger partial charge in [0, 0.05) is 23.6 Å². The zero-order valence-corrected chi connectivity index (χ0v) is 14.4. The predicted octanol–water partition coefficient (Wildman–Crippen LogP) is 3.77. The Kier molecular flexibility index (Phi) is 4.83. The molecule has 0 bridgehead atoms. The molecular weight excluding hydrogens is 324 g/mol. The summed E-state index contributed by atoms with van der Waals surface area (Å²) in [6.07, 6.45) is 0.416. The number of benzene rings is 2. The first-order chi connectivity index (χ1) is 11.5. The minimum Gasteiger partial charge on any atom is -0.338 e. The first-order valence-corrected chi connectivity index (χ1v) is 8.10. The van der Waals surface area contributed by atoms with Gasteiger partial charge >= 0.3 is 0 Å². The van der Waals surface area contributed by atoms with Gasteiger partial charge in [0.25, 0.3) is 0 Å². The van der Waals surface area contributed by atoms with Crippen LogP contribution in [0.4, 0.5) is 5.69 Å². The highest BCUT2D eigenvalue weighted by molar-refractivity contribution is 6.31. The summed E-state index contributed by atoms with van der Waals surface area (Å²) in [5.74, 6) is 0.652. The van der Waals surface area contributed by atoms with Gasteiger partial charge < -0.3 is 15.2 Å². The average Bonchev–Trinajstić information content (AvgIpc) is 2.96. The molecule has 0 saturated carbocycles. The number of nitrogens with one attached hydrogen (secondary N) is 2. The summed E-state index contributed by atoms with van der Waals surface area (Å²) in [5.41, 5.74) is 3.30. The monoisotopic (exact) mass is 342 g/mol. The fraction of sp³-hybridized carbons (Fsp3) is 0.222. The highest BCUT2D eigenvalue weighted by Gasteiger charge is 2.13. The Hall–Kier alpha value is -2.37. The van der Waals surface area contributed by atoms with E-state index in [0.29, 0.717) is 29.5 Å². The van der Waals surface area contributed by atoms with Gasteiger partial charge in [0.05, 0.1) is 16.7 Å². The van der Waals surface area contributed by atoms with Crippen molar-refractivity contribution in [1.82, 2.24) is 14.9 Å². The van der Waals surface area contributed by atoms with Crippen molar-refractivity contribution in [2.75, 3.05) is 26.0 Å². The Labute approximate surface area is 145 Å². The molecule has 124 valence electrons. The first-order valence-electron chi connectivity index (χ1n) is 7.72. The van der Waals surface area contributed by atoms with Gasteiger partial charge in [-0.2, -0.15) is 0 Å². The second-order valence-corrected chi connectivity index (χ2v) is 6.33. The smallest absolute Gasteiger partial charge is 0.225 e. The van der Waals surface area contributed by atoms with Crippen LogP contribution in [0.5, 0.6) is 0 Å². The molecule has 0 unspecified atom stereocenters. The number of aromatic amines is 1. The summed E-state index contributed by atoms with van der Waals surface area (Å²) in [6.45, 7) is 0.687. The van der Waals surface area contributed by atoms with E-state index in [1.165, 1.54) is 0 Å². The highest BCUT2D eigenvalue weighted by Crippen LogP contribution is 2.30. The molecule has 3 aromatic rings. The van der Waals surface area contributed by atoms with Crippen molar-refractivity contribution in [2.45, 2.75) is 6.42 Å². The topological polar surface area (TPSA) is 61.0 Å². The van der Waals surface area contributed by atoms with Crippen LogP contribution >= 0.6 is 11.6 Å². The van der Waals surface area contributed by atoms with Crippen molar-refractivity contribution < 1.29 is 4.79 Å². The Balaban J connectivity index is 1.92. The van der Waals surface area contributed by atoms with Gasteiger partial charge in [-0.3, -0.25) is 4.79 Å². The summed E-state index contributed by atoms with van der Waals surface area (Å²) in [6, 6.07) is 13.2. The fourth-order valence-electron chi connectivity index (χ4n) is 2.44. The van der Waals surface area contributed by atoms with Crippen molar-refractivity contribution >= 4 is 34.2 Å². The van der Waals surface area contributed by atoms with Crippen molar-refractivity contribution in [3.8, 4) is 11.4 Å². The number of H-pyrrole nitrogens is 1. The maximum Gasteiger partial charge on any atom is 0.225 e. The van der Waals surface area contributed by atoms with Crippen LogP contribution in [0, 0.1) is 0 Å². The number of amides is 1. The molecule has 5 nitrogen and oxygen atoms in total. The number of aromatic nitrogens is 2. The molecule has 0 spiro atoms. The number of carbonyl (C=O) groups is 1. The normalized spacial score (nSPS) is 11.2. The molecule has 2 aromatic carbocycles. The van der Waals surface area contributed by atoms with Crippen LogP contribution in [0.15, 0.2) is 42.5 Å². The number of anilines is 1. The van der Waals surface area contributed by atoms with Crippen LogP contribution < -0.4 is 5.32 Å². The van der Waals surface area contributed by atoms with E-state index in [0.717, 1.165) is 16.6 Å². The third-order valence-electron chi connectivity index (χ3n) is 3.69. The van der Waals surface area contributed by atoms with Crippen LogP contribution in [-0.4, -0.2) is 41.4 Å². The predicted molar refractivity (Wildman–Crippen MR) is 98.3 cm³/mol. The number of halogens is 1. The van der Waals surface area contributed by atoms with E-state index in [1.807, 2.05) is 49.3 Å². The van der Waals surface area contributed by atoms with E-state index in [-0.39, 0.29) is 5.91 Å². The van der Waals surface area contributed by atoms with Crippen LogP contribution in [0.1, 0.15) is 6.42 Å². The van der Waals surface area contributed by atoms with Gasteiger partial charge in [0.15, 0.2) is 0 Å². The largest absolute Gasteiger partial charge is 0.338 e. The molecule has 24 heavy (non-hydrogen) atoms.